The molecule has 96 valence electrons. The van der Waals surface area contributed by atoms with Crippen LogP contribution in [0.25, 0.3) is 0 Å². The third-order valence-corrected chi connectivity index (χ3v) is 3.50. The molecular weight excluding hydrogens is 254 g/mol. The fraction of sp³-hybridized carbons (Fsp3) is 0.231. The Morgan fingerprint density at radius 1 is 1.22 bits per heavy atom. The van der Waals surface area contributed by atoms with E-state index in [4.69, 9.17) is 5.73 Å². The smallest absolute Gasteiger partial charge is 0.182 e. The molecule has 0 saturated heterocycles. The van der Waals surface area contributed by atoms with E-state index in [1.54, 1.807) is 29.4 Å². The van der Waals surface area contributed by atoms with Crippen molar-refractivity contribution in [2.45, 2.75) is 13.1 Å². The fourth-order valence-electron chi connectivity index (χ4n) is 1.77. The molecule has 0 bridgehead atoms. The molecule has 18 heavy (non-hydrogen) atoms. The Morgan fingerprint density at radius 2 is 2.00 bits per heavy atom. The zero-order valence-corrected chi connectivity index (χ0v) is 10.8. The predicted octanol–water partition coefficient (Wildman–Crippen LogP) is 3.12. The topological polar surface area (TPSA) is 29.3 Å². The van der Waals surface area contributed by atoms with Crippen LogP contribution in [0.15, 0.2) is 29.0 Å². The van der Waals surface area contributed by atoms with Crippen LogP contribution in [0, 0.1) is 11.6 Å². The average molecular weight is 268 g/mol. The van der Waals surface area contributed by atoms with Crippen LogP contribution in [-0.4, -0.2) is 7.05 Å². The van der Waals surface area contributed by atoms with Crippen molar-refractivity contribution in [3.63, 3.8) is 0 Å². The van der Waals surface area contributed by atoms with Crippen molar-refractivity contribution in [3.8, 4) is 0 Å². The molecule has 2 rings (SSSR count). The van der Waals surface area contributed by atoms with Crippen LogP contribution < -0.4 is 10.6 Å². The Labute approximate surface area is 109 Å². The number of anilines is 1. The predicted molar refractivity (Wildman–Crippen MR) is 70.7 cm³/mol. The highest BCUT2D eigenvalue weighted by Crippen LogP contribution is 2.24. The molecule has 0 radical (unpaired) electrons. The van der Waals surface area contributed by atoms with Gasteiger partial charge in [-0.15, -0.1) is 0 Å². The Hall–Kier alpha value is -1.46. The molecule has 0 saturated carbocycles. The summed E-state index contributed by atoms with van der Waals surface area (Å²) in [5.41, 5.74) is 6.85. The first-order valence-electron chi connectivity index (χ1n) is 5.52. The summed E-state index contributed by atoms with van der Waals surface area (Å²) in [7, 11) is 1.73. The van der Waals surface area contributed by atoms with Gasteiger partial charge < -0.3 is 10.6 Å². The van der Waals surface area contributed by atoms with Crippen molar-refractivity contribution in [1.82, 2.24) is 0 Å². The summed E-state index contributed by atoms with van der Waals surface area (Å²) in [6.45, 7) is 0.541. The molecule has 0 aliphatic carbocycles. The van der Waals surface area contributed by atoms with Gasteiger partial charge in [-0.25, -0.2) is 8.78 Å². The van der Waals surface area contributed by atoms with Gasteiger partial charge in [0, 0.05) is 25.7 Å². The highest BCUT2D eigenvalue weighted by atomic mass is 32.1. The lowest BCUT2D eigenvalue weighted by Crippen LogP contribution is -2.18. The monoisotopic (exact) mass is 268 g/mol. The highest BCUT2D eigenvalue weighted by molar-refractivity contribution is 7.07. The first-order chi connectivity index (χ1) is 8.63. The number of hydrogen-bond donors (Lipinski definition) is 1. The minimum atomic E-state index is -0.854. The van der Waals surface area contributed by atoms with Gasteiger partial charge in [0.05, 0.1) is 5.69 Å². The van der Waals surface area contributed by atoms with Gasteiger partial charge in [0.25, 0.3) is 0 Å². The maximum Gasteiger partial charge on any atom is 0.182 e. The van der Waals surface area contributed by atoms with E-state index in [0.717, 1.165) is 5.56 Å². The van der Waals surface area contributed by atoms with Crippen LogP contribution >= 0.6 is 11.3 Å². The lowest BCUT2D eigenvalue weighted by molar-refractivity contribution is 0.498. The summed E-state index contributed by atoms with van der Waals surface area (Å²) in [6.07, 6.45) is 0. The number of rotatable bonds is 4. The molecule has 0 amide bonds. The second-order valence-electron chi connectivity index (χ2n) is 4.06. The second kappa shape index (κ2) is 5.46. The molecule has 1 aromatic carbocycles. The summed E-state index contributed by atoms with van der Waals surface area (Å²) in [5, 5.41) is 3.94. The maximum absolute atomic E-state index is 13.9. The van der Waals surface area contributed by atoms with E-state index < -0.39 is 11.6 Å². The second-order valence-corrected chi connectivity index (χ2v) is 4.84. The van der Waals surface area contributed by atoms with Crippen molar-refractivity contribution < 1.29 is 8.78 Å². The number of nitrogens with two attached hydrogens (primary N) is 1. The summed E-state index contributed by atoms with van der Waals surface area (Å²) in [6, 6.07) is 5.05. The third kappa shape index (κ3) is 2.52. The first kappa shape index (κ1) is 13.0. The van der Waals surface area contributed by atoms with Gasteiger partial charge in [0.1, 0.15) is 0 Å². The Balaban J connectivity index is 2.25. The Kier molecular flexibility index (Phi) is 3.93. The molecule has 0 unspecified atom stereocenters. The van der Waals surface area contributed by atoms with Gasteiger partial charge in [-0.1, -0.05) is 6.07 Å². The average Bonchev–Trinajstić information content (AvgIpc) is 2.85. The summed E-state index contributed by atoms with van der Waals surface area (Å²) in [5.74, 6) is -1.69. The zero-order chi connectivity index (χ0) is 13.1. The molecular formula is C13H14F2N2S. The molecule has 2 N–H and O–H groups in total. The van der Waals surface area contributed by atoms with E-state index in [1.807, 2.05) is 16.8 Å². The van der Waals surface area contributed by atoms with Crippen molar-refractivity contribution in [2.24, 2.45) is 5.73 Å². The number of thiophene rings is 1. The normalized spacial score (nSPS) is 10.7. The van der Waals surface area contributed by atoms with Crippen molar-refractivity contribution in [1.29, 1.82) is 0 Å². The number of hydrogen-bond acceptors (Lipinski definition) is 3. The lowest BCUT2D eigenvalue weighted by Gasteiger charge is -2.20. The molecule has 0 aliphatic heterocycles. The Bertz CT molecular complexity index is 526. The van der Waals surface area contributed by atoms with E-state index in [2.05, 4.69) is 0 Å². The first-order valence-corrected chi connectivity index (χ1v) is 6.47. The Morgan fingerprint density at radius 3 is 2.61 bits per heavy atom. The molecule has 1 aromatic heterocycles. The van der Waals surface area contributed by atoms with E-state index >= 15 is 0 Å². The van der Waals surface area contributed by atoms with Crippen molar-refractivity contribution in [3.05, 3.63) is 51.7 Å². The van der Waals surface area contributed by atoms with E-state index in [-0.39, 0.29) is 17.8 Å². The third-order valence-electron chi connectivity index (χ3n) is 2.77. The number of benzene rings is 1. The minimum absolute atomic E-state index is 0.00270. The molecule has 0 fully saturated rings. The van der Waals surface area contributed by atoms with Crippen LogP contribution in [0.4, 0.5) is 14.5 Å². The largest absolute Gasteiger partial charge is 0.368 e. The molecule has 2 aromatic rings. The number of halogens is 2. The van der Waals surface area contributed by atoms with E-state index in [9.17, 15) is 8.78 Å². The maximum atomic E-state index is 13.9. The lowest BCUT2D eigenvalue weighted by atomic mass is 10.1. The summed E-state index contributed by atoms with van der Waals surface area (Å²) in [4.78, 5) is 1.68. The zero-order valence-electron chi connectivity index (χ0n) is 9.99. The van der Waals surface area contributed by atoms with Gasteiger partial charge in [0.15, 0.2) is 11.6 Å². The fourth-order valence-corrected chi connectivity index (χ4v) is 2.43. The van der Waals surface area contributed by atoms with E-state index in [0.29, 0.717) is 6.54 Å². The van der Waals surface area contributed by atoms with Crippen LogP contribution in [0.5, 0.6) is 0 Å². The number of nitrogens with zero attached hydrogens (tertiary/aromatic N) is 1. The van der Waals surface area contributed by atoms with Crippen molar-refractivity contribution >= 4 is 17.0 Å². The van der Waals surface area contributed by atoms with Crippen LogP contribution in [0.2, 0.25) is 0 Å². The van der Waals surface area contributed by atoms with Crippen LogP contribution in [0.1, 0.15) is 11.1 Å². The highest BCUT2D eigenvalue weighted by Gasteiger charge is 2.15. The van der Waals surface area contributed by atoms with Crippen molar-refractivity contribution in [2.75, 3.05) is 11.9 Å². The van der Waals surface area contributed by atoms with Gasteiger partial charge in [-0.2, -0.15) is 11.3 Å². The van der Waals surface area contributed by atoms with Crippen LogP contribution in [0.3, 0.4) is 0 Å². The summed E-state index contributed by atoms with van der Waals surface area (Å²) < 4.78 is 27.5. The molecule has 0 atom stereocenters. The van der Waals surface area contributed by atoms with E-state index in [1.165, 1.54) is 6.07 Å². The standard InChI is InChI=1S/C13H14F2N2S/c1-17(7-9-4-5-18-8-9)11-3-2-10(6-16)12(14)13(11)15/h2-5,8H,6-7,16H2,1H3. The molecule has 5 heteroatoms. The SMILES string of the molecule is CN(Cc1ccsc1)c1ccc(CN)c(F)c1F. The summed E-state index contributed by atoms with van der Waals surface area (Å²) >= 11 is 1.58. The molecule has 2 nitrogen and oxygen atoms in total. The van der Waals surface area contributed by atoms with Crippen LogP contribution in [-0.2, 0) is 13.1 Å². The molecule has 0 aliphatic rings. The molecule has 0 spiro atoms. The minimum Gasteiger partial charge on any atom is -0.368 e. The quantitative estimate of drug-likeness (QED) is 0.923. The molecule has 1 heterocycles. The van der Waals surface area contributed by atoms with Gasteiger partial charge in [-0.05, 0) is 28.5 Å². The van der Waals surface area contributed by atoms with Gasteiger partial charge in [0.2, 0.25) is 0 Å². The van der Waals surface area contributed by atoms with Gasteiger partial charge in [-0.3, -0.25) is 0 Å². The van der Waals surface area contributed by atoms with Gasteiger partial charge >= 0.3 is 0 Å².